The molecule has 0 aliphatic rings. The van der Waals surface area contributed by atoms with Gasteiger partial charge in [-0.2, -0.15) is 0 Å². The molecule has 0 radical (unpaired) electrons. The summed E-state index contributed by atoms with van der Waals surface area (Å²) >= 11 is 2.58. The number of unbranched alkanes of at least 4 members (excludes halogenated alkanes) is 16. The van der Waals surface area contributed by atoms with Crippen LogP contribution in [0.4, 0.5) is 0 Å². The molecule has 0 fully saturated rings. The number of hydrogen-bond acceptors (Lipinski definition) is 8. The molecule has 0 N–H and O–H groups in total. The van der Waals surface area contributed by atoms with Gasteiger partial charge in [0, 0.05) is 23.9 Å². The van der Waals surface area contributed by atoms with Crippen LogP contribution in [0.2, 0.25) is 5.28 Å². The predicted molar refractivity (Wildman–Crippen MR) is 170 cm³/mol. The summed E-state index contributed by atoms with van der Waals surface area (Å²) in [6.07, 6.45) is 22.4. The van der Waals surface area contributed by atoms with Gasteiger partial charge in [0.15, 0.2) is 0 Å². The Bertz CT molecular complexity index is 481. The van der Waals surface area contributed by atoms with Crippen molar-refractivity contribution >= 4 is 40.2 Å². The fourth-order valence-electron chi connectivity index (χ4n) is 3.49. The molecule has 0 aliphatic heterocycles. The molecule has 0 bridgehead atoms. The SMILES string of the molecule is CCCCCCCC(=O)[O-].CCCCCCCC(=O)[O-].CCCCCCCC(=O)[O-].CCCCCCCC(=O)[O-].C[CH2][Al+2].[Ni+2]. The quantitative estimate of drug-likeness (QED) is 0.101. The van der Waals surface area contributed by atoms with Gasteiger partial charge in [-0.05, 0) is 51.4 Å². The van der Waals surface area contributed by atoms with Crippen LogP contribution in [0.5, 0.6) is 0 Å². The molecule has 0 saturated carbocycles. The Hall–Kier alpha value is -1.09. The van der Waals surface area contributed by atoms with Crippen molar-refractivity contribution in [2.24, 2.45) is 0 Å². The molecule has 0 heterocycles. The van der Waals surface area contributed by atoms with Crippen LogP contribution in [0.3, 0.4) is 0 Å². The van der Waals surface area contributed by atoms with Crippen molar-refractivity contribution in [3.63, 3.8) is 0 Å². The van der Waals surface area contributed by atoms with Crippen molar-refractivity contribution in [2.45, 2.75) is 194 Å². The Morgan fingerprint density at radius 3 is 0.614 bits per heavy atom. The summed E-state index contributed by atoms with van der Waals surface area (Å²) in [6.45, 7) is 10.6. The second-order valence-corrected chi connectivity index (χ2v) is 11.4. The zero-order chi connectivity index (χ0) is 34.0. The molecule has 0 aromatic carbocycles. The Balaban J connectivity index is -0.000000105. The van der Waals surface area contributed by atoms with Gasteiger partial charge >= 0.3 is 45.0 Å². The summed E-state index contributed by atoms with van der Waals surface area (Å²) in [6, 6.07) is 0. The Kier molecular flexibility index (Phi) is 68.4. The third-order valence-corrected chi connectivity index (χ3v) is 5.94. The van der Waals surface area contributed by atoms with E-state index < -0.39 is 23.9 Å². The molecular weight excluding hydrogens is 622 g/mol. The molecule has 0 saturated heterocycles. The monoisotopic (exact) mass is 686 g/mol. The van der Waals surface area contributed by atoms with Crippen molar-refractivity contribution in [1.29, 1.82) is 0 Å². The first kappa shape index (κ1) is 55.3. The molecule has 0 atom stereocenters. The smallest absolute Gasteiger partial charge is 2.00 e. The van der Waals surface area contributed by atoms with Gasteiger partial charge in [0.1, 0.15) is 0 Å². The van der Waals surface area contributed by atoms with Gasteiger partial charge in [0.25, 0.3) is 0 Å². The minimum atomic E-state index is -0.920. The van der Waals surface area contributed by atoms with Crippen LogP contribution in [0.1, 0.15) is 189 Å². The van der Waals surface area contributed by atoms with E-state index in [2.05, 4.69) is 50.9 Å². The van der Waals surface area contributed by atoms with Gasteiger partial charge in [0.05, 0.1) is 0 Å². The molecule has 0 unspecified atom stereocenters. The molecule has 0 amide bonds. The zero-order valence-electron chi connectivity index (χ0n) is 28.8. The third kappa shape index (κ3) is 90.0. The molecule has 44 heavy (non-hydrogen) atoms. The molecule has 0 spiro atoms. The first-order valence-electron chi connectivity index (χ1n) is 17.0. The van der Waals surface area contributed by atoms with Crippen LogP contribution in [0.25, 0.3) is 0 Å². The number of carbonyl (C=O) groups is 4. The maximum Gasteiger partial charge on any atom is 2.00 e. The van der Waals surface area contributed by atoms with Gasteiger partial charge in [0.2, 0.25) is 0 Å². The summed E-state index contributed by atoms with van der Waals surface area (Å²) in [4.78, 5) is 39.7. The average molecular weight is 688 g/mol. The Labute approximate surface area is 289 Å². The van der Waals surface area contributed by atoms with Gasteiger partial charge in [-0.1, -0.05) is 130 Å². The molecule has 262 valence electrons. The first-order valence-corrected chi connectivity index (χ1v) is 17.8. The summed E-state index contributed by atoms with van der Waals surface area (Å²) in [5, 5.41) is 40.9. The van der Waals surface area contributed by atoms with Gasteiger partial charge in [-0.15, -0.1) is 0 Å². The predicted octanol–water partition coefficient (Wildman–Crippen LogP) is 4.98. The summed E-state index contributed by atoms with van der Waals surface area (Å²) in [7, 11) is 0. The van der Waals surface area contributed by atoms with Crippen molar-refractivity contribution in [1.82, 2.24) is 0 Å². The normalized spacial score (nSPS) is 9.25. The number of carboxylic acids is 4. The van der Waals surface area contributed by atoms with Crippen molar-refractivity contribution in [2.75, 3.05) is 0 Å². The van der Waals surface area contributed by atoms with Crippen LogP contribution < -0.4 is 20.4 Å². The van der Waals surface area contributed by atoms with Gasteiger partial charge < -0.3 is 39.6 Å². The molecule has 0 aromatic rings. The van der Waals surface area contributed by atoms with E-state index >= 15 is 0 Å². The number of carboxylic acid groups (broad SMARTS) is 4. The van der Waals surface area contributed by atoms with E-state index in [1.165, 1.54) is 56.6 Å². The van der Waals surface area contributed by atoms with E-state index in [1.807, 2.05) is 0 Å². The molecule has 0 rings (SSSR count). The standard InChI is InChI=1S/4C8H16O2.C2H5.Al.Ni/c4*1-2-3-4-5-6-7-8(9)10;1-2;;/h4*2-7H2,1H3,(H,9,10);1H2,2H3;;/q;;;;;2*+2/p-4. The zero-order valence-corrected chi connectivity index (χ0v) is 31.0. The van der Waals surface area contributed by atoms with E-state index in [9.17, 15) is 39.6 Å². The van der Waals surface area contributed by atoms with Crippen molar-refractivity contribution in [3.05, 3.63) is 0 Å². The van der Waals surface area contributed by atoms with Crippen LogP contribution in [0.15, 0.2) is 0 Å². The Morgan fingerprint density at radius 1 is 0.364 bits per heavy atom. The van der Waals surface area contributed by atoms with Gasteiger partial charge in [-0.3, -0.25) is 0 Å². The van der Waals surface area contributed by atoms with E-state index in [1.54, 1.807) is 0 Å². The van der Waals surface area contributed by atoms with Crippen LogP contribution in [-0.4, -0.2) is 40.2 Å². The van der Waals surface area contributed by atoms with E-state index in [0.29, 0.717) is 0 Å². The number of rotatable bonds is 24. The second-order valence-electron chi connectivity index (χ2n) is 10.6. The fraction of sp³-hybridized carbons (Fsp3) is 0.882. The van der Waals surface area contributed by atoms with Crippen LogP contribution in [0, 0.1) is 0 Å². The minimum Gasteiger partial charge on any atom is 2.00 e. The van der Waals surface area contributed by atoms with Crippen molar-refractivity contribution < 1.29 is 56.1 Å². The topological polar surface area (TPSA) is 161 Å². The third-order valence-electron chi connectivity index (χ3n) is 5.94. The first-order chi connectivity index (χ1) is 20.5. The summed E-state index contributed by atoms with van der Waals surface area (Å²) < 4.78 is 0. The minimum absolute atomic E-state index is 0. The molecule has 0 aliphatic carbocycles. The Morgan fingerprint density at radius 2 is 0.500 bits per heavy atom. The maximum absolute atomic E-state index is 9.92. The summed E-state index contributed by atoms with van der Waals surface area (Å²) in [5.74, 6) is -3.68. The average Bonchev–Trinajstić information content (AvgIpc) is 2.93. The van der Waals surface area contributed by atoms with E-state index in [0.717, 1.165) is 77.0 Å². The summed E-state index contributed by atoms with van der Waals surface area (Å²) in [5.41, 5.74) is 0. The maximum atomic E-state index is 9.92. The second kappa shape index (κ2) is 54.4. The fourth-order valence-corrected chi connectivity index (χ4v) is 3.49. The largest absolute Gasteiger partial charge is 2.00 e. The molecule has 0 aromatic heterocycles. The van der Waals surface area contributed by atoms with Gasteiger partial charge in [-0.25, -0.2) is 0 Å². The molecule has 10 heteroatoms. The molecule has 8 nitrogen and oxygen atoms in total. The van der Waals surface area contributed by atoms with Crippen LogP contribution in [-0.2, 0) is 35.7 Å². The number of carbonyl (C=O) groups excluding carboxylic acids is 4. The van der Waals surface area contributed by atoms with E-state index in [-0.39, 0.29) is 42.2 Å². The van der Waals surface area contributed by atoms with Crippen molar-refractivity contribution in [3.8, 4) is 0 Å². The number of hydrogen-bond donors (Lipinski definition) is 0. The van der Waals surface area contributed by atoms with E-state index in [4.69, 9.17) is 0 Å². The number of aliphatic carboxylic acids is 4. The van der Waals surface area contributed by atoms with Crippen LogP contribution >= 0.6 is 0 Å². The molecular formula is C34H65AlNiO8.